The van der Waals surface area contributed by atoms with Crippen LogP contribution in [0.5, 0.6) is 0 Å². The molecule has 0 N–H and O–H groups in total. The van der Waals surface area contributed by atoms with E-state index in [9.17, 15) is 19.2 Å². The van der Waals surface area contributed by atoms with Crippen LogP contribution in [0.1, 0.15) is 129 Å². The molecule has 84 heavy (non-hydrogen) atoms. The normalized spacial score (nSPS) is 11.5. The summed E-state index contributed by atoms with van der Waals surface area (Å²) in [5.41, 5.74) is 11.1. The number of benzene rings is 3. The Balaban J connectivity index is 0.000000150. The average molecular weight is 1130 g/mol. The van der Waals surface area contributed by atoms with Crippen LogP contribution < -0.4 is 0 Å². The van der Waals surface area contributed by atoms with Crippen molar-refractivity contribution in [3.05, 3.63) is 267 Å². The van der Waals surface area contributed by atoms with E-state index in [4.69, 9.17) is 0 Å². The van der Waals surface area contributed by atoms with Crippen molar-refractivity contribution < 1.29 is 23.6 Å². The summed E-state index contributed by atoms with van der Waals surface area (Å²) in [5, 5.41) is 4.48. The van der Waals surface area contributed by atoms with E-state index in [1.807, 2.05) is 93.1 Å². The highest BCUT2D eigenvalue weighted by Gasteiger charge is 2.23. The van der Waals surface area contributed by atoms with Gasteiger partial charge in [-0.2, -0.15) is 0 Å². The van der Waals surface area contributed by atoms with Gasteiger partial charge in [0.1, 0.15) is 24.0 Å². The zero-order valence-corrected chi connectivity index (χ0v) is 46.1. The smallest absolute Gasteiger partial charge is 0.196 e. The van der Waals surface area contributed by atoms with E-state index in [-0.39, 0.29) is 55.7 Å². The zero-order chi connectivity index (χ0) is 57.8. The summed E-state index contributed by atoms with van der Waals surface area (Å²) < 4.78 is 15.1. The first-order valence-electron chi connectivity index (χ1n) is 26.2. The van der Waals surface area contributed by atoms with E-state index in [1.54, 1.807) is 42.9 Å². The zero-order valence-electron chi connectivity index (χ0n) is 45.3. The number of alkyl halides is 1. The van der Waals surface area contributed by atoms with Gasteiger partial charge in [0.25, 0.3) is 0 Å². The molecule has 0 spiro atoms. The van der Waals surface area contributed by atoms with Gasteiger partial charge in [-0.3, -0.25) is 49.1 Å². The summed E-state index contributed by atoms with van der Waals surface area (Å²) in [6, 6.07) is 27.3. The van der Waals surface area contributed by atoms with Gasteiger partial charge in [-0.25, -0.2) is 39.3 Å². The number of halogens is 1. The van der Waals surface area contributed by atoms with Crippen LogP contribution in [0.3, 0.4) is 0 Å². The van der Waals surface area contributed by atoms with E-state index in [0.717, 1.165) is 49.4 Å². The number of aryl methyl sites for hydroxylation is 3. The molecular formula is C65H54FN13O4S. The van der Waals surface area contributed by atoms with Crippen LogP contribution in [-0.4, -0.2) is 87.9 Å². The molecule has 0 fully saturated rings. The molecule has 0 radical (unpaired) electrons. The maximum absolute atomic E-state index is 15.1. The van der Waals surface area contributed by atoms with E-state index < -0.39 is 6.17 Å². The van der Waals surface area contributed by atoms with Crippen LogP contribution in [0.25, 0.3) is 32.8 Å². The van der Waals surface area contributed by atoms with Crippen molar-refractivity contribution in [2.45, 2.75) is 66.5 Å². The summed E-state index contributed by atoms with van der Waals surface area (Å²) in [7, 11) is 0. The molecule has 0 aliphatic carbocycles. The molecular weight excluding hydrogens is 1080 g/mol. The Bertz CT molecular complexity index is 4310. The van der Waals surface area contributed by atoms with Crippen LogP contribution in [0.2, 0.25) is 0 Å². The summed E-state index contributed by atoms with van der Waals surface area (Å²) in [6.45, 7) is 7.84. The predicted octanol–water partition coefficient (Wildman–Crippen LogP) is 12.0. The second-order valence-corrected chi connectivity index (χ2v) is 20.3. The molecule has 0 saturated carbocycles. The lowest BCUT2D eigenvalue weighted by Crippen LogP contribution is -2.10. The highest BCUT2D eigenvalue weighted by atomic mass is 32.1. The van der Waals surface area contributed by atoms with Crippen LogP contribution in [0.4, 0.5) is 4.39 Å². The first-order valence-corrected chi connectivity index (χ1v) is 27.0. The first kappa shape index (κ1) is 58.3. The highest BCUT2D eigenvalue weighted by Crippen LogP contribution is 2.32. The number of rotatable bonds is 15. The van der Waals surface area contributed by atoms with E-state index in [2.05, 4.69) is 77.8 Å². The number of carbonyl (C=O) groups is 4. The van der Waals surface area contributed by atoms with Crippen molar-refractivity contribution in [2.75, 3.05) is 0 Å². The number of hydrogen-bond acceptors (Lipinski definition) is 18. The van der Waals surface area contributed by atoms with E-state index in [1.165, 1.54) is 73.6 Å². The first-order chi connectivity index (χ1) is 40.3. The van der Waals surface area contributed by atoms with Crippen LogP contribution in [-0.2, 0) is 19.3 Å². The fourth-order valence-corrected chi connectivity index (χ4v) is 9.92. The quantitative estimate of drug-likeness (QED) is 0.0867. The minimum absolute atomic E-state index is 0. The van der Waals surface area contributed by atoms with Gasteiger partial charge in [-0.1, -0.05) is 38.6 Å². The number of carbonyl (C=O) groups excluding carboxylic acids is 4. The van der Waals surface area contributed by atoms with Crippen molar-refractivity contribution in [1.82, 2.24) is 64.8 Å². The standard InChI is InChI=1S/C22H16N4O2.C21H16FN5O.C21H18N4OS.CH4/c1-14-4-2-6-18(26-14)10-20(27)19-9-16(8-15-5-3-7-25-21(15)19)22(28)17-11-23-13-24-12-17;1-13-2-3-16(27-9-13)8-19(28)17-6-14(7-18-21(17)26-5-4-25-18)20(22)15-10-23-12-24-11-15;1-13-11-27-20(25-13)8-19(26)18-7-16(6-15-4-3-5-24-21(15)18)14(2)17-9-22-12-23-10-17;/h2-9,11-13H,10H2,1H3;2-7,9-12,20H,8H2,1H3;3-7,9-12,14H,8H2,1-2H3;1H4. The van der Waals surface area contributed by atoms with Gasteiger partial charge in [0.15, 0.2) is 29.3 Å². The Morgan fingerprint density at radius 2 is 1.07 bits per heavy atom. The van der Waals surface area contributed by atoms with Crippen LogP contribution >= 0.6 is 11.3 Å². The minimum Gasteiger partial charge on any atom is -0.294 e. The minimum atomic E-state index is -1.48. The third kappa shape index (κ3) is 14.0. The van der Waals surface area contributed by atoms with Gasteiger partial charge in [-0.15, -0.1) is 11.3 Å². The molecule has 416 valence electrons. The Kier molecular flexibility index (Phi) is 18.7. The SMILES string of the molecule is C.Cc1ccc(CC(=O)c2cc(C(F)c3cncnc3)cc3nccnc23)nc1.Cc1cccc(CC(=O)c2cc(C(=O)c3cncnc3)cc3cccnc23)n1.Cc1csc(CC(=O)c2cc(C(C)c3cncnc3)cc3cccnc23)n1. The molecule has 0 bridgehead atoms. The monoisotopic (exact) mass is 1130 g/mol. The van der Waals surface area contributed by atoms with Gasteiger partial charge in [0.2, 0.25) is 0 Å². The Labute approximate surface area is 486 Å². The lowest BCUT2D eigenvalue weighted by Gasteiger charge is -2.14. The summed E-state index contributed by atoms with van der Waals surface area (Å²) in [6.07, 6.45) is 20.7. The molecule has 17 nitrogen and oxygen atoms in total. The molecule has 0 saturated heterocycles. The lowest BCUT2D eigenvalue weighted by molar-refractivity contribution is 0.0984. The molecule has 9 aromatic heterocycles. The third-order valence-corrected chi connectivity index (χ3v) is 14.3. The Hall–Kier alpha value is -10.4. The number of fused-ring (bicyclic) bond motifs is 3. The maximum atomic E-state index is 15.1. The number of pyridine rings is 4. The van der Waals surface area contributed by atoms with Crippen molar-refractivity contribution in [3.63, 3.8) is 0 Å². The molecule has 12 rings (SSSR count). The van der Waals surface area contributed by atoms with Crippen LogP contribution in [0, 0.1) is 20.8 Å². The van der Waals surface area contributed by atoms with Gasteiger partial charge in [-0.05, 0) is 110 Å². The molecule has 0 aliphatic rings. The second-order valence-electron chi connectivity index (χ2n) is 19.4. The van der Waals surface area contributed by atoms with Crippen LogP contribution in [0.15, 0.2) is 184 Å². The van der Waals surface area contributed by atoms with Crippen molar-refractivity contribution in [2.24, 2.45) is 0 Å². The third-order valence-electron chi connectivity index (χ3n) is 13.3. The number of nitrogens with zero attached hydrogens (tertiary/aromatic N) is 13. The Morgan fingerprint density at radius 3 is 1.71 bits per heavy atom. The molecule has 0 amide bonds. The molecule has 12 aromatic rings. The van der Waals surface area contributed by atoms with Gasteiger partial charge in [0, 0.05) is 141 Å². The second kappa shape index (κ2) is 26.9. The number of thiazole rings is 1. The topological polar surface area (TPSA) is 236 Å². The number of hydrogen-bond donors (Lipinski definition) is 0. The van der Waals surface area contributed by atoms with Gasteiger partial charge < -0.3 is 0 Å². The van der Waals surface area contributed by atoms with Crippen molar-refractivity contribution >= 4 is 67.3 Å². The van der Waals surface area contributed by atoms with E-state index in [0.29, 0.717) is 66.9 Å². The molecule has 0 aliphatic heterocycles. The fraction of sp³-hybridized carbons (Fsp3) is 0.154. The molecule has 19 heteroatoms. The Morgan fingerprint density at radius 1 is 0.488 bits per heavy atom. The summed E-state index contributed by atoms with van der Waals surface area (Å²) in [4.78, 5) is 106. The van der Waals surface area contributed by atoms with Gasteiger partial charge >= 0.3 is 0 Å². The number of aromatic nitrogens is 13. The number of Topliss-reactive ketones (excluding diaryl/α,β-unsaturated/α-hetero) is 3. The molecule has 9 heterocycles. The summed E-state index contributed by atoms with van der Waals surface area (Å²) >= 11 is 1.52. The summed E-state index contributed by atoms with van der Waals surface area (Å²) in [5.74, 6) is -0.467. The fourth-order valence-electron chi connectivity index (χ4n) is 9.15. The predicted molar refractivity (Wildman–Crippen MR) is 319 cm³/mol. The average Bonchev–Trinajstić information content (AvgIpc) is 3.69. The molecule has 2 atom stereocenters. The highest BCUT2D eigenvalue weighted by molar-refractivity contribution is 7.09. The lowest BCUT2D eigenvalue weighted by atomic mass is 9.91. The van der Waals surface area contributed by atoms with Crippen molar-refractivity contribution in [1.29, 1.82) is 0 Å². The molecule has 2 unspecified atom stereocenters. The van der Waals surface area contributed by atoms with Crippen molar-refractivity contribution in [3.8, 4) is 0 Å². The largest absolute Gasteiger partial charge is 0.294 e. The number of ketones is 4. The molecule has 3 aromatic carbocycles. The maximum Gasteiger partial charge on any atom is 0.196 e. The van der Waals surface area contributed by atoms with E-state index >= 15 is 4.39 Å². The van der Waals surface area contributed by atoms with Gasteiger partial charge in [0.05, 0.1) is 46.9 Å².